The summed E-state index contributed by atoms with van der Waals surface area (Å²) < 4.78 is 0. The SMILES string of the molecule is NNc1ccnc(CN(CCCO)C2CCC2)c1. The lowest BCUT2D eigenvalue weighted by molar-refractivity contribution is 0.108. The maximum absolute atomic E-state index is 8.97. The quantitative estimate of drug-likeness (QED) is 0.499. The van der Waals surface area contributed by atoms with E-state index in [1.165, 1.54) is 19.3 Å². The molecule has 100 valence electrons. The number of nitrogens with one attached hydrogen (secondary N) is 1. The van der Waals surface area contributed by atoms with E-state index in [1.807, 2.05) is 12.1 Å². The van der Waals surface area contributed by atoms with Gasteiger partial charge in [0.2, 0.25) is 0 Å². The van der Waals surface area contributed by atoms with Crippen LogP contribution in [0.25, 0.3) is 0 Å². The van der Waals surface area contributed by atoms with Gasteiger partial charge >= 0.3 is 0 Å². The van der Waals surface area contributed by atoms with Crippen LogP contribution in [0.3, 0.4) is 0 Å². The number of hydrogen-bond acceptors (Lipinski definition) is 5. The molecule has 0 aromatic carbocycles. The molecule has 1 aliphatic rings. The Balaban J connectivity index is 1.97. The van der Waals surface area contributed by atoms with Crippen LogP contribution in [-0.4, -0.2) is 34.2 Å². The fourth-order valence-corrected chi connectivity index (χ4v) is 2.28. The van der Waals surface area contributed by atoms with Gasteiger partial charge in [-0.1, -0.05) is 6.42 Å². The van der Waals surface area contributed by atoms with E-state index in [9.17, 15) is 0 Å². The van der Waals surface area contributed by atoms with Crippen LogP contribution in [0.4, 0.5) is 5.69 Å². The van der Waals surface area contributed by atoms with Gasteiger partial charge < -0.3 is 10.5 Å². The maximum atomic E-state index is 8.97. The molecule has 1 saturated carbocycles. The summed E-state index contributed by atoms with van der Waals surface area (Å²) in [5, 5.41) is 8.97. The number of aromatic nitrogens is 1. The summed E-state index contributed by atoms with van der Waals surface area (Å²) in [6.45, 7) is 2.02. The van der Waals surface area contributed by atoms with Crippen molar-refractivity contribution in [1.29, 1.82) is 0 Å². The van der Waals surface area contributed by atoms with Gasteiger partial charge in [0.25, 0.3) is 0 Å². The Labute approximate surface area is 108 Å². The molecule has 0 spiro atoms. The average Bonchev–Trinajstić information content (AvgIpc) is 2.34. The second kappa shape index (κ2) is 6.68. The molecule has 0 radical (unpaired) electrons. The minimum absolute atomic E-state index is 0.251. The highest BCUT2D eigenvalue weighted by Crippen LogP contribution is 2.26. The summed E-state index contributed by atoms with van der Waals surface area (Å²) in [7, 11) is 0. The van der Waals surface area contributed by atoms with Crippen molar-refractivity contribution in [2.45, 2.75) is 38.3 Å². The second-order valence-corrected chi connectivity index (χ2v) is 4.81. The molecular weight excluding hydrogens is 228 g/mol. The van der Waals surface area contributed by atoms with Crippen molar-refractivity contribution in [1.82, 2.24) is 9.88 Å². The van der Waals surface area contributed by atoms with Gasteiger partial charge in [0, 0.05) is 31.9 Å². The van der Waals surface area contributed by atoms with Crippen molar-refractivity contribution >= 4 is 5.69 Å². The van der Waals surface area contributed by atoms with Crippen LogP contribution in [0.5, 0.6) is 0 Å². The minimum atomic E-state index is 0.251. The zero-order valence-corrected chi connectivity index (χ0v) is 10.7. The molecule has 1 heterocycles. The summed E-state index contributed by atoms with van der Waals surface area (Å²) in [5.41, 5.74) is 4.55. The lowest BCUT2D eigenvalue weighted by Crippen LogP contribution is -2.40. The Bertz CT molecular complexity index is 368. The first-order valence-corrected chi connectivity index (χ1v) is 6.60. The van der Waals surface area contributed by atoms with Crippen molar-refractivity contribution in [3.8, 4) is 0 Å². The van der Waals surface area contributed by atoms with Crippen LogP contribution < -0.4 is 11.3 Å². The lowest BCUT2D eigenvalue weighted by atomic mass is 9.91. The summed E-state index contributed by atoms with van der Waals surface area (Å²) >= 11 is 0. The molecule has 1 aromatic rings. The number of nitrogen functional groups attached to an aromatic ring is 1. The zero-order valence-electron chi connectivity index (χ0n) is 10.7. The average molecular weight is 250 g/mol. The first-order valence-electron chi connectivity index (χ1n) is 6.60. The molecule has 1 aliphatic carbocycles. The van der Waals surface area contributed by atoms with Crippen molar-refractivity contribution in [2.24, 2.45) is 5.84 Å². The van der Waals surface area contributed by atoms with E-state index in [-0.39, 0.29) is 6.61 Å². The molecule has 1 aromatic heterocycles. The Morgan fingerprint density at radius 2 is 2.33 bits per heavy atom. The molecule has 0 unspecified atom stereocenters. The van der Waals surface area contributed by atoms with Crippen LogP contribution in [-0.2, 0) is 6.54 Å². The number of hydrogen-bond donors (Lipinski definition) is 3. The van der Waals surface area contributed by atoms with E-state index >= 15 is 0 Å². The molecule has 0 amide bonds. The van der Waals surface area contributed by atoms with Gasteiger partial charge in [0.15, 0.2) is 0 Å². The van der Waals surface area contributed by atoms with Gasteiger partial charge in [-0.2, -0.15) is 0 Å². The van der Waals surface area contributed by atoms with Crippen LogP contribution in [0.15, 0.2) is 18.3 Å². The van der Waals surface area contributed by atoms with E-state index in [4.69, 9.17) is 10.9 Å². The molecular formula is C13H22N4O. The van der Waals surface area contributed by atoms with E-state index < -0.39 is 0 Å². The molecule has 2 rings (SSSR count). The summed E-state index contributed by atoms with van der Waals surface area (Å²) in [6.07, 6.45) is 6.44. The number of rotatable bonds is 7. The third kappa shape index (κ3) is 3.41. The van der Waals surface area contributed by atoms with Crippen LogP contribution in [0, 0.1) is 0 Å². The normalized spacial score (nSPS) is 15.7. The molecule has 5 heteroatoms. The smallest absolute Gasteiger partial charge is 0.0565 e. The Morgan fingerprint density at radius 3 is 2.94 bits per heavy atom. The predicted molar refractivity (Wildman–Crippen MR) is 71.8 cm³/mol. The van der Waals surface area contributed by atoms with Crippen LogP contribution >= 0.6 is 0 Å². The van der Waals surface area contributed by atoms with Crippen LogP contribution in [0.1, 0.15) is 31.4 Å². The topological polar surface area (TPSA) is 74.4 Å². The predicted octanol–water partition coefficient (Wildman–Crippen LogP) is 1.10. The van der Waals surface area contributed by atoms with E-state index in [1.54, 1.807) is 6.20 Å². The fraction of sp³-hybridized carbons (Fsp3) is 0.615. The third-order valence-corrected chi connectivity index (χ3v) is 3.54. The van der Waals surface area contributed by atoms with Gasteiger partial charge in [-0.25, -0.2) is 0 Å². The van der Waals surface area contributed by atoms with E-state index in [0.717, 1.165) is 30.9 Å². The molecule has 0 aliphatic heterocycles. The summed E-state index contributed by atoms with van der Waals surface area (Å²) in [6, 6.07) is 4.49. The number of anilines is 1. The van der Waals surface area contributed by atoms with Gasteiger partial charge in [-0.05, 0) is 31.4 Å². The fourth-order valence-electron chi connectivity index (χ4n) is 2.28. The Kier molecular flexibility index (Phi) is 4.92. The second-order valence-electron chi connectivity index (χ2n) is 4.81. The number of nitrogens with zero attached hydrogens (tertiary/aromatic N) is 2. The minimum Gasteiger partial charge on any atom is -0.396 e. The van der Waals surface area contributed by atoms with Crippen molar-refractivity contribution < 1.29 is 5.11 Å². The number of pyridine rings is 1. The zero-order chi connectivity index (χ0) is 12.8. The number of nitrogens with two attached hydrogens (primary N) is 1. The molecule has 0 bridgehead atoms. The number of aliphatic hydroxyl groups is 1. The number of aliphatic hydroxyl groups excluding tert-OH is 1. The number of hydrazine groups is 1. The Morgan fingerprint density at radius 1 is 1.50 bits per heavy atom. The van der Waals surface area contributed by atoms with Crippen LogP contribution in [0.2, 0.25) is 0 Å². The highest BCUT2D eigenvalue weighted by Gasteiger charge is 2.24. The molecule has 4 N–H and O–H groups in total. The molecule has 1 fully saturated rings. The third-order valence-electron chi connectivity index (χ3n) is 3.54. The first kappa shape index (κ1) is 13.3. The largest absolute Gasteiger partial charge is 0.396 e. The van der Waals surface area contributed by atoms with E-state index in [2.05, 4.69) is 15.3 Å². The maximum Gasteiger partial charge on any atom is 0.0565 e. The standard InChI is InChI=1S/C13H22N4O/c14-16-11-5-6-15-12(9-11)10-17(7-2-8-18)13-3-1-4-13/h5-6,9,13,18H,1-4,7-8,10,14H2,(H,15,16). The monoisotopic (exact) mass is 250 g/mol. The summed E-state index contributed by atoms with van der Waals surface area (Å²) in [4.78, 5) is 6.80. The molecule has 18 heavy (non-hydrogen) atoms. The first-order chi connectivity index (χ1) is 8.83. The van der Waals surface area contributed by atoms with Gasteiger partial charge in [-0.3, -0.25) is 15.7 Å². The van der Waals surface area contributed by atoms with Gasteiger partial charge in [0.05, 0.1) is 11.4 Å². The molecule has 0 atom stereocenters. The molecule has 5 nitrogen and oxygen atoms in total. The van der Waals surface area contributed by atoms with E-state index in [0.29, 0.717) is 6.04 Å². The van der Waals surface area contributed by atoms with Crippen molar-refractivity contribution in [3.05, 3.63) is 24.0 Å². The Hall–Kier alpha value is -1.17. The molecule has 0 saturated heterocycles. The van der Waals surface area contributed by atoms with Gasteiger partial charge in [0.1, 0.15) is 0 Å². The van der Waals surface area contributed by atoms with Crippen molar-refractivity contribution in [2.75, 3.05) is 18.6 Å². The van der Waals surface area contributed by atoms with Gasteiger partial charge in [-0.15, -0.1) is 0 Å². The highest BCUT2D eigenvalue weighted by atomic mass is 16.3. The van der Waals surface area contributed by atoms with Crippen molar-refractivity contribution in [3.63, 3.8) is 0 Å². The highest BCUT2D eigenvalue weighted by molar-refractivity contribution is 5.41. The lowest BCUT2D eigenvalue weighted by Gasteiger charge is -2.37. The summed E-state index contributed by atoms with van der Waals surface area (Å²) in [5.74, 6) is 5.40.